The minimum absolute atomic E-state index is 0.496. The van der Waals surface area contributed by atoms with Crippen molar-refractivity contribution in [2.24, 2.45) is 0 Å². The van der Waals surface area contributed by atoms with Gasteiger partial charge in [-0.1, -0.05) is 19.1 Å². The maximum atomic E-state index is 5.84. The van der Waals surface area contributed by atoms with Crippen LogP contribution < -0.4 is 5.73 Å². The van der Waals surface area contributed by atoms with Gasteiger partial charge in [0.1, 0.15) is 0 Å². The van der Waals surface area contributed by atoms with Crippen LogP contribution in [0.25, 0.3) is 0 Å². The van der Waals surface area contributed by atoms with E-state index >= 15 is 0 Å². The molecule has 0 bridgehead atoms. The van der Waals surface area contributed by atoms with Crippen molar-refractivity contribution in [3.8, 4) is 0 Å². The molecule has 2 rings (SSSR count). The van der Waals surface area contributed by atoms with E-state index in [0.29, 0.717) is 6.04 Å². The maximum Gasteiger partial charge on any atom is 0.0323 e. The van der Waals surface area contributed by atoms with Crippen molar-refractivity contribution in [2.45, 2.75) is 45.2 Å². The molecule has 0 saturated heterocycles. The lowest BCUT2D eigenvalue weighted by Gasteiger charge is -2.29. The normalized spacial score (nSPS) is 17.7. The number of nitrogen functional groups attached to an aromatic ring is 1. The lowest BCUT2D eigenvalue weighted by Crippen LogP contribution is -2.30. The molecule has 1 aliphatic carbocycles. The number of nitrogens with two attached hydrogens (primary N) is 1. The number of benzene rings is 1. The molecule has 16 heavy (non-hydrogen) atoms. The second-order valence-corrected chi connectivity index (χ2v) is 4.82. The maximum absolute atomic E-state index is 5.84. The number of rotatable bonds is 5. The van der Waals surface area contributed by atoms with Gasteiger partial charge >= 0.3 is 0 Å². The minimum Gasteiger partial charge on any atom is -0.399 e. The summed E-state index contributed by atoms with van der Waals surface area (Å²) in [6.45, 7) is 5.74. The third-order valence-corrected chi connectivity index (χ3v) is 3.39. The van der Waals surface area contributed by atoms with Gasteiger partial charge in [-0.2, -0.15) is 0 Å². The first-order valence-electron chi connectivity index (χ1n) is 6.33. The molecule has 0 heterocycles. The summed E-state index contributed by atoms with van der Waals surface area (Å²) >= 11 is 0. The van der Waals surface area contributed by atoms with E-state index in [2.05, 4.69) is 36.9 Å². The highest BCUT2D eigenvalue weighted by Crippen LogP contribution is 2.34. The molecule has 1 saturated carbocycles. The van der Waals surface area contributed by atoms with Gasteiger partial charge in [0.2, 0.25) is 0 Å². The smallest absolute Gasteiger partial charge is 0.0323 e. The van der Waals surface area contributed by atoms with Crippen LogP contribution in [-0.4, -0.2) is 17.5 Å². The quantitative estimate of drug-likeness (QED) is 0.769. The average molecular weight is 218 g/mol. The van der Waals surface area contributed by atoms with Gasteiger partial charge < -0.3 is 5.73 Å². The highest BCUT2D eigenvalue weighted by Gasteiger charge is 2.31. The van der Waals surface area contributed by atoms with Crippen LogP contribution in [0, 0.1) is 0 Å². The highest BCUT2D eigenvalue weighted by molar-refractivity contribution is 5.41. The summed E-state index contributed by atoms with van der Waals surface area (Å²) in [6, 6.07) is 9.62. The van der Waals surface area contributed by atoms with Crippen LogP contribution in [0.5, 0.6) is 0 Å². The van der Waals surface area contributed by atoms with E-state index in [1.165, 1.54) is 31.4 Å². The van der Waals surface area contributed by atoms with E-state index in [4.69, 9.17) is 5.73 Å². The van der Waals surface area contributed by atoms with Crippen LogP contribution in [0.1, 0.15) is 44.7 Å². The lowest BCUT2D eigenvalue weighted by atomic mass is 10.1. The van der Waals surface area contributed by atoms with Crippen molar-refractivity contribution in [1.29, 1.82) is 0 Å². The first-order valence-corrected chi connectivity index (χ1v) is 6.33. The molecule has 1 aromatic rings. The Morgan fingerprint density at radius 1 is 1.44 bits per heavy atom. The summed E-state index contributed by atoms with van der Waals surface area (Å²) in [4.78, 5) is 2.62. The van der Waals surface area contributed by atoms with Crippen LogP contribution >= 0.6 is 0 Å². The van der Waals surface area contributed by atoms with Crippen LogP contribution in [0.15, 0.2) is 24.3 Å². The molecule has 2 heteroatoms. The molecule has 1 fully saturated rings. The molecule has 1 unspecified atom stereocenters. The monoisotopic (exact) mass is 218 g/mol. The van der Waals surface area contributed by atoms with Crippen molar-refractivity contribution in [1.82, 2.24) is 4.90 Å². The predicted octanol–water partition coefficient (Wildman–Crippen LogP) is 3.20. The Morgan fingerprint density at radius 2 is 2.19 bits per heavy atom. The number of hydrogen-bond donors (Lipinski definition) is 1. The van der Waals surface area contributed by atoms with Gasteiger partial charge in [0, 0.05) is 17.8 Å². The van der Waals surface area contributed by atoms with Crippen LogP contribution in [0.3, 0.4) is 0 Å². The Labute approximate surface area is 98.4 Å². The standard InChI is InChI=1S/C14H22N2/c1-3-9-16(14-7-8-14)11(2)12-5-4-6-13(15)10-12/h4-6,10-11,14H,3,7-9,15H2,1-2H3. The highest BCUT2D eigenvalue weighted by atomic mass is 15.2. The van der Waals surface area contributed by atoms with Crippen LogP contribution in [0.2, 0.25) is 0 Å². The van der Waals surface area contributed by atoms with Crippen molar-refractivity contribution >= 4 is 5.69 Å². The lowest BCUT2D eigenvalue weighted by molar-refractivity contribution is 0.200. The fourth-order valence-corrected chi connectivity index (χ4v) is 2.37. The molecule has 88 valence electrons. The van der Waals surface area contributed by atoms with E-state index < -0.39 is 0 Å². The molecule has 0 aliphatic heterocycles. The fourth-order valence-electron chi connectivity index (χ4n) is 2.37. The second-order valence-electron chi connectivity index (χ2n) is 4.82. The number of anilines is 1. The summed E-state index contributed by atoms with van der Waals surface area (Å²) in [6.07, 6.45) is 3.96. The summed E-state index contributed by atoms with van der Waals surface area (Å²) in [5.74, 6) is 0. The fraction of sp³-hybridized carbons (Fsp3) is 0.571. The Bertz CT molecular complexity index is 344. The molecule has 0 spiro atoms. The van der Waals surface area contributed by atoms with E-state index in [1.807, 2.05) is 6.07 Å². The minimum atomic E-state index is 0.496. The van der Waals surface area contributed by atoms with Crippen molar-refractivity contribution in [3.63, 3.8) is 0 Å². The molecule has 2 nitrogen and oxygen atoms in total. The summed E-state index contributed by atoms with van der Waals surface area (Å²) in [5, 5.41) is 0. The molecular weight excluding hydrogens is 196 g/mol. The Morgan fingerprint density at radius 3 is 2.75 bits per heavy atom. The molecule has 0 radical (unpaired) electrons. The molecule has 1 aromatic carbocycles. The van der Waals surface area contributed by atoms with Gasteiger partial charge in [0.15, 0.2) is 0 Å². The molecular formula is C14H22N2. The largest absolute Gasteiger partial charge is 0.399 e. The van der Waals surface area contributed by atoms with Crippen LogP contribution in [0.4, 0.5) is 5.69 Å². The van der Waals surface area contributed by atoms with Crippen molar-refractivity contribution in [2.75, 3.05) is 12.3 Å². The Kier molecular flexibility index (Phi) is 3.49. The summed E-state index contributed by atoms with van der Waals surface area (Å²) in [5.41, 5.74) is 8.06. The predicted molar refractivity (Wildman–Crippen MR) is 69.3 cm³/mol. The third kappa shape index (κ3) is 2.56. The zero-order chi connectivity index (χ0) is 11.5. The topological polar surface area (TPSA) is 29.3 Å². The van der Waals surface area contributed by atoms with E-state index in [1.54, 1.807) is 0 Å². The van der Waals surface area contributed by atoms with Crippen molar-refractivity contribution < 1.29 is 0 Å². The van der Waals surface area contributed by atoms with E-state index in [-0.39, 0.29) is 0 Å². The molecule has 2 N–H and O–H groups in total. The Hall–Kier alpha value is -1.02. The first-order chi connectivity index (χ1) is 7.72. The van der Waals surface area contributed by atoms with Gasteiger partial charge in [0.05, 0.1) is 0 Å². The van der Waals surface area contributed by atoms with E-state index in [0.717, 1.165) is 11.7 Å². The molecule has 1 aliphatic rings. The molecule has 0 amide bonds. The van der Waals surface area contributed by atoms with Gasteiger partial charge in [-0.05, 0) is 50.4 Å². The Balaban J connectivity index is 2.12. The van der Waals surface area contributed by atoms with Gasteiger partial charge in [-0.25, -0.2) is 0 Å². The SMILES string of the molecule is CCCN(C1CC1)C(C)c1cccc(N)c1. The summed E-state index contributed by atoms with van der Waals surface area (Å²) in [7, 11) is 0. The number of hydrogen-bond acceptors (Lipinski definition) is 2. The van der Waals surface area contributed by atoms with E-state index in [9.17, 15) is 0 Å². The van der Waals surface area contributed by atoms with Gasteiger partial charge in [0.25, 0.3) is 0 Å². The van der Waals surface area contributed by atoms with Crippen LogP contribution in [-0.2, 0) is 0 Å². The second kappa shape index (κ2) is 4.88. The summed E-state index contributed by atoms with van der Waals surface area (Å²) < 4.78 is 0. The molecule has 1 atom stereocenters. The zero-order valence-electron chi connectivity index (χ0n) is 10.3. The van der Waals surface area contributed by atoms with Gasteiger partial charge in [-0.3, -0.25) is 4.90 Å². The third-order valence-electron chi connectivity index (χ3n) is 3.39. The van der Waals surface area contributed by atoms with Crippen molar-refractivity contribution in [3.05, 3.63) is 29.8 Å². The first kappa shape index (κ1) is 11.5. The van der Waals surface area contributed by atoms with Gasteiger partial charge in [-0.15, -0.1) is 0 Å². The average Bonchev–Trinajstić information content (AvgIpc) is 3.09. The zero-order valence-corrected chi connectivity index (χ0v) is 10.3. The molecule has 0 aromatic heterocycles. The number of nitrogens with zero attached hydrogens (tertiary/aromatic N) is 1.